The first kappa shape index (κ1) is 27.0. The lowest BCUT2D eigenvalue weighted by molar-refractivity contribution is -0.143. The molecule has 5 rings (SSSR count). The Balaban J connectivity index is 1.54. The van der Waals surface area contributed by atoms with Gasteiger partial charge in [0.2, 0.25) is 10.0 Å². The highest BCUT2D eigenvalue weighted by Crippen LogP contribution is 2.35. The first-order valence-corrected chi connectivity index (χ1v) is 14.9. The van der Waals surface area contributed by atoms with E-state index in [4.69, 9.17) is 4.74 Å². The lowest BCUT2D eigenvalue weighted by Crippen LogP contribution is -2.31. The molecule has 1 aliphatic heterocycles. The Bertz CT molecular complexity index is 1640. The van der Waals surface area contributed by atoms with E-state index in [-0.39, 0.29) is 30.6 Å². The lowest BCUT2D eigenvalue weighted by Gasteiger charge is -2.24. The largest absolute Gasteiger partial charge is 0.466 e. The van der Waals surface area contributed by atoms with Crippen LogP contribution in [0.15, 0.2) is 54.6 Å². The SMILES string of the molecule is CCOC(=O)CC(c1ccc(C)c(CN2Cc3ccccc3CCS2(=O)=O)c1)c1ccc2c(nnn2C)c1C. The van der Waals surface area contributed by atoms with Crippen molar-refractivity contribution >= 4 is 27.0 Å². The molecule has 39 heavy (non-hydrogen) atoms. The molecule has 0 saturated carbocycles. The van der Waals surface area contributed by atoms with E-state index in [1.54, 1.807) is 15.9 Å². The normalized spacial score (nSPS) is 16.0. The molecule has 1 aromatic heterocycles. The van der Waals surface area contributed by atoms with Crippen LogP contribution in [0.5, 0.6) is 0 Å². The minimum absolute atomic E-state index is 0.0888. The number of hydrogen-bond donors (Lipinski definition) is 0. The van der Waals surface area contributed by atoms with Gasteiger partial charge in [0.1, 0.15) is 5.52 Å². The highest BCUT2D eigenvalue weighted by molar-refractivity contribution is 7.89. The summed E-state index contributed by atoms with van der Waals surface area (Å²) in [4.78, 5) is 12.7. The van der Waals surface area contributed by atoms with Crippen LogP contribution < -0.4 is 0 Å². The van der Waals surface area contributed by atoms with Gasteiger partial charge in [-0.15, -0.1) is 5.10 Å². The van der Waals surface area contributed by atoms with Gasteiger partial charge in [0.25, 0.3) is 0 Å². The van der Waals surface area contributed by atoms with Gasteiger partial charge in [-0.1, -0.05) is 53.7 Å². The predicted octanol–water partition coefficient (Wildman–Crippen LogP) is 4.56. The maximum Gasteiger partial charge on any atom is 0.306 e. The van der Waals surface area contributed by atoms with Crippen LogP contribution in [0.2, 0.25) is 0 Å². The quantitative estimate of drug-likeness (QED) is 0.316. The number of fused-ring (bicyclic) bond motifs is 2. The Morgan fingerprint density at radius 3 is 2.62 bits per heavy atom. The van der Waals surface area contributed by atoms with Gasteiger partial charge in [-0.3, -0.25) is 4.79 Å². The summed E-state index contributed by atoms with van der Waals surface area (Å²) in [6, 6.07) is 18.0. The molecule has 1 atom stereocenters. The molecule has 0 saturated heterocycles. The Morgan fingerprint density at radius 1 is 1.08 bits per heavy atom. The van der Waals surface area contributed by atoms with Gasteiger partial charge in [-0.25, -0.2) is 13.1 Å². The third kappa shape index (κ3) is 5.46. The molecule has 3 aromatic carbocycles. The average molecular weight is 547 g/mol. The van der Waals surface area contributed by atoms with Gasteiger partial charge in [-0.2, -0.15) is 4.31 Å². The zero-order chi connectivity index (χ0) is 27.7. The zero-order valence-corrected chi connectivity index (χ0v) is 23.7. The fourth-order valence-corrected chi connectivity index (χ4v) is 6.86. The molecule has 0 radical (unpaired) electrons. The molecular formula is C30H34N4O4S. The fraction of sp³-hybridized carbons (Fsp3) is 0.367. The predicted molar refractivity (Wildman–Crippen MR) is 151 cm³/mol. The highest BCUT2D eigenvalue weighted by atomic mass is 32.2. The Labute approximate surface area is 229 Å². The maximum absolute atomic E-state index is 13.3. The first-order valence-electron chi connectivity index (χ1n) is 13.3. The molecule has 1 aliphatic rings. The molecule has 0 fully saturated rings. The number of esters is 1. The number of rotatable bonds is 7. The molecule has 0 aliphatic carbocycles. The summed E-state index contributed by atoms with van der Waals surface area (Å²) in [5, 5.41) is 8.51. The summed E-state index contributed by atoms with van der Waals surface area (Å²) in [5.74, 6) is -0.475. The maximum atomic E-state index is 13.3. The second-order valence-electron chi connectivity index (χ2n) is 10.2. The summed E-state index contributed by atoms with van der Waals surface area (Å²) in [6.45, 7) is 6.71. The van der Waals surface area contributed by atoms with Gasteiger partial charge in [0, 0.05) is 26.1 Å². The van der Waals surface area contributed by atoms with Crippen LogP contribution in [0, 0.1) is 13.8 Å². The minimum atomic E-state index is -3.44. The van der Waals surface area contributed by atoms with Crippen molar-refractivity contribution in [3.63, 3.8) is 0 Å². The molecule has 0 bridgehead atoms. The van der Waals surface area contributed by atoms with E-state index in [0.717, 1.165) is 50.0 Å². The topological polar surface area (TPSA) is 94.4 Å². The third-order valence-corrected chi connectivity index (χ3v) is 9.51. The second-order valence-corrected chi connectivity index (χ2v) is 12.3. The number of nitrogens with zero attached hydrogens (tertiary/aromatic N) is 4. The van der Waals surface area contributed by atoms with E-state index in [0.29, 0.717) is 19.6 Å². The molecule has 0 spiro atoms. The molecule has 9 heteroatoms. The molecular weight excluding hydrogens is 512 g/mol. The van der Waals surface area contributed by atoms with E-state index < -0.39 is 10.0 Å². The summed E-state index contributed by atoms with van der Waals surface area (Å²) < 4.78 is 35.2. The number of hydrogen-bond acceptors (Lipinski definition) is 6. The van der Waals surface area contributed by atoms with Crippen molar-refractivity contribution in [1.82, 2.24) is 19.3 Å². The summed E-state index contributed by atoms with van der Waals surface area (Å²) in [5.41, 5.74) is 8.63. The number of aromatic nitrogens is 3. The zero-order valence-electron chi connectivity index (χ0n) is 22.8. The van der Waals surface area contributed by atoms with Crippen LogP contribution in [0.4, 0.5) is 0 Å². The van der Waals surface area contributed by atoms with Crippen LogP contribution in [0.3, 0.4) is 0 Å². The molecule has 0 amide bonds. The number of aryl methyl sites for hydroxylation is 4. The average Bonchev–Trinajstić information content (AvgIpc) is 3.23. The lowest BCUT2D eigenvalue weighted by atomic mass is 9.84. The second kappa shape index (κ2) is 10.9. The first-order chi connectivity index (χ1) is 18.7. The van der Waals surface area contributed by atoms with Gasteiger partial charge in [0.05, 0.1) is 24.3 Å². The van der Waals surface area contributed by atoms with Gasteiger partial charge >= 0.3 is 5.97 Å². The Morgan fingerprint density at radius 2 is 1.85 bits per heavy atom. The number of carbonyl (C=O) groups excluding carboxylic acids is 1. The number of benzene rings is 3. The van der Waals surface area contributed by atoms with Crippen molar-refractivity contribution in [2.45, 2.75) is 52.6 Å². The van der Waals surface area contributed by atoms with Crippen LogP contribution >= 0.6 is 0 Å². The third-order valence-electron chi connectivity index (χ3n) is 7.74. The van der Waals surface area contributed by atoms with Crippen LogP contribution in [0.1, 0.15) is 58.2 Å². The smallest absolute Gasteiger partial charge is 0.306 e. The summed E-state index contributed by atoms with van der Waals surface area (Å²) >= 11 is 0. The van der Waals surface area contributed by atoms with Crippen molar-refractivity contribution in [2.75, 3.05) is 12.4 Å². The van der Waals surface area contributed by atoms with Crippen molar-refractivity contribution in [1.29, 1.82) is 0 Å². The van der Waals surface area contributed by atoms with Gasteiger partial charge in [-0.05, 0) is 72.2 Å². The number of sulfonamides is 1. The van der Waals surface area contributed by atoms with E-state index in [1.165, 1.54) is 0 Å². The molecule has 1 unspecified atom stereocenters. The molecule has 0 N–H and O–H groups in total. The Hall–Kier alpha value is -3.56. The van der Waals surface area contributed by atoms with Gasteiger partial charge < -0.3 is 4.74 Å². The Kier molecular flexibility index (Phi) is 7.55. The molecule has 2 heterocycles. The molecule has 4 aromatic rings. The molecule has 204 valence electrons. The van der Waals surface area contributed by atoms with E-state index in [1.807, 2.05) is 75.5 Å². The fourth-order valence-electron chi connectivity index (χ4n) is 5.46. The summed E-state index contributed by atoms with van der Waals surface area (Å²) in [6.07, 6.45) is 0.679. The van der Waals surface area contributed by atoms with E-state index >= 15 is 0 Å². The van der Waals surface area contributed by atoms with E-state index in [9.17, 15) is 13.2 Å². The van der Waals surface area contributed by atoms with Crippen LogP contribution in [0.25, 0.3) is 11.0 Å². The minimum Gasteiger partial charge on any atom is -0.466 e. The monoisotopic (exact) mass is 546 g/mol. The summed E-state index contributed by atoms with van der Waals surface area (Å²) in [7, 11) is -1.59. The number of ether oxygens (including phenoxy) is 1. The highest BCUT2D eigenvalue weighted by Gasteiger charge is 2.28. The number of carbonyl (C=O) groups is 1. The van der Waals surface area contributed by atoms with Crippen molar-refractivity contribution in [3.8, 4) is 0 Å². The van der Waals surface area contributed by atoms with Crippen molar-refractivity contribution in [3.05, 3.63) is 93.5 Å². The standard InChI is InChI=1S/C30H34N4O4S/c1-5-38-29(35)17-27(26-12-13-28-30(21(26)3)31-32-33(28)4)23-11-10-20(2)25(16-23)19-34-18-24-9-7-6-8-22(24)14-15-39(34,36)37/h6-13,16,27H,5,14-15,17-19H2,1-4H3. The molecule has 8 nitrogen and oxygen atoms in total. The van der Waals surface area contributed by atoms with Crippen molar-refractivity contribution < 1.29 is 17.9 Å². The van der Waals surface area contributed by atoms with Gasteiger partial charge in [0.15, 0.2) is 0 Å². The van der Waals surface area contributed by atoms with Crippen molar-refractivity contribution in [2.24, 2.45) is 7.05 Å². The van der Waals surface area contributed by atoms with E-state index in [2.05, 4.69) is 10.3 Å². The van der Waals surface area contributed by atoms with Crippen LogP contribution in [-0.4, -0.2) is 46.0 Å². The van der Waals surface area contributed by atoms with Crippen LogP contribution in [-0.2, 0) is 46.1 Å².